The Morgan fingerprint density at radius 1 is 1.31 bits per heavy atom. The van der Waals surface area contributed by atoms with Crippen molar-refractivity contribution in [3.05, 3.63) is 29.7 Å². The first kappa shape index (κ1) is 16.4. The van der Waals surface area contributed by atoms with E-state index in [0.29, 0.717) is 23.1 Å². The number of fused-ring (bicyclic) bond motifs is 1. The molecular weight excluding hydrogens is 341 g/mol. The van der Waals surface area contributed by atoms with Crippen LogP contribution in [-0.4, -0.2) is 43.2 Å². The Morgan fingerprint density at radius 2 is 2.15 bits per heavy atom. The molecule has 1 saturated heterocycles. The lowest BCUT2D eigenvalue weighted by Gasteiger charge is -2.16. The van der Waals surface area contributed by atoms with Crippen LogP contribution in [-0.2, 0) is 0 Å². The fourth-order valence-electron chi connectivity index (χ4n) is 2.95. The van der Waals surface area contributed by atoms with Crippen molar-refractivity contribution in [2.24, 2.45) is 5.10 Å². The van der Waals surface area contributed by atoms with Crippen molar-refractivity contribution in [3.8, 4) is 17.2 Å². The van der Waals surface area contributed by atoms with Gasteiger partial charge < -0.3 is 19.1 Å². The Bertz CT molecular complexity index is 839. The van der Waals surface area contributed by atoms with E-state index in [1.807, 2.05) is 4.90 Å². The molecule has 0 aliphatic carbocycles. The van der Waals surface area contributed by atoms with Crippen LogP contribution in [0.15, 0.2) is 23.4 Å². The SMILES string of the molecule is COc1cc(C=NNc2ncc(F)c(N3CCCC3)n2)cc2c1OCO2. The topological polar surface area (TPSA) is 81.1 Å². The average molecular weight is 359 g/mol. The molecule has 0 spiro atoms. The van der Waals surface area contributed by atoms with Gasteiger partial charge in [-0.3, -0.25) is 0 Å². The predicted octanol–water partition coefficient (Wildman–Crippen LogP) is 2.40. The minimum atomic E-state index is -0.429. The lowest BCUT2D eigenvalue weighted by molar-refractivity contribution is 0.171. The van der Waals surface area contributed by atoms with Gasteiger partial charge in [-0.2, -0.15) is 10.1 Å². The number of aromatic nitrogens is 2. The lowest BCUT2D eigenvalue weighted by Crippen LogP contribution is -2.21. The second-order valence-electron chi connectivity index (χ2n) is 5.89. The Morgan fingerprint density at radius 3 is 2.96 bits per heavy atom. The van der Waals surface area contributed by atoms with Crippen molar-refractivity contribution < 1.29 is 18.6 Å². The van der Waals surface area contributed by atoms with E-state index in [-0.39, 0.29) is 12.7 Å². The highest BCUT2D eigenvalue weighted by Crippen LogP contribution is 2.41. The summed E-state index contributed by atoms with van der Waals surface area (Å²) < 4.78 is 30.0. The number of nitrogens with one attached hydrogen (secondary N) is 1. The summed E-state index contributed by atoms with van der Waals surface area (Å²) in [4.78, 5) is 10.1. The third-order valence-electron chi connectivity index (χ3n) is 4.19. The minimum absolute atomic E-state index is 0.160. The summed E-state index contributed by atoms with van der Waals surface area (Å²) in [6.07, 6.45) is 4.81. The molecule has 0 amide bonds. The molecule has 9 heteroatoms. The van der Waals surface area contributed by atoms with Crippen LogP contribution in [0.2, 0.25) is 0 Å². The van der Waals surface area contributed by atoms with Gasteiger partial charge >= 0.3 is 0 Å². The molecule has 26 heavy (non-hydrogen) atoms. The molecule has 2 aliphatic heterocycles. The monoisotopic (exact) mass is 359 g/mol. The standard InChI is InChI=1S/C17H18FN5O3/c1-24-13-6-11(7-14-15(13)26-10-25-14)8-20-22-17-19-9-12(18)16(21-17)23-4-2-3-5-23/h6-9H,2-5,10H2,1H3,(H,19,21,22). The van der Waals surface area contributed by atoms with Gasteiger partial charge in [0, 0.05) is 18.7 Å². The Balaban J connectivity index is 1.50. The van der Waals surface area contributed by atoms with E-state index in [1.165, 1.54) is 0 Å². The number of methoxy groups -OCH3 is 1. The van der Waals surface area contributed by atoms with E-state index in [0.717, 1.165) is 37.7 Å². The minimum Gasteiger partial charge on any atom is -0.493 e. The second-order valence-corrected chi connectivity index (χ2v) is 5.89. The molecule has 2 aromatic rings. The zero-order valence-electron chi connectivity index (χ0n) is 14.2. The van der Waals surface area contributed by atoms with E-state index in [4.69, 9.17) is 14.2 Å². The van der Waals surface area contributed by atoms with Gasteiger partial charge in [0.25, 0.3) is 0 Å². The molecule has 0 unspecified atom stereocenters. The lowest BCUT2D eigenvalue weighted by atomic mass is 10.2. The summed E-state index contributed by atoms with van der Waals surface area (Å²) in [5.74, 6) is 1.85. The first-order valence-electron chi connectivity index (χ1n) is 8.29. The Hall–Kier alpha value is -3.10. The molecule has 0 bridgehead atoms. The molecular formula is C17H18FN5O3. The van der Waals surface area contributed by atoms with Crippen molar-refractivity contribution in [2.45, 2.75) is 12.8 Å². The van der Waals surface area contributed by atoms with Crippen LogP contribution in [0.5, 0.6) is 17.2 Å². The van der Waals surface area contributed by atoms with Crippen LogP contribution in [0.25, 0.3) is 0 Å². The van der Waals surface area contributed by atoms with Crippen LogP contribution in [0.4, 0.5) is 16.2 Å². The maximum atomic E-state index is 13.9. The fraction of sp³-hybridized carbons (Fsp3) is 0.353. The van der Waals surface area contributed by atoms with E-state index >= 15 is 0 Å². The van der Waals surface area contributed by atoms with Gasteiger partial charge in [0.15, 0.2) is 23.1 Å². The molecule has 2 aliphatic rings. The molecule has 0 radical (unpaired) electrons. The smallest absolute Gasteiger partial charge is 0.245 e. The summed E-state index contributed by atoms with van der Waals surface area (Å²) in [5, 5.41) is 4.12. The van der Waals surface area contributed by atoms with E-state index in [9.17, 15) is 4.39 Å². The summed E-state index contributed by atoms with van der Waals surface area (Å²) in [6.45, 7) is 1.76. The van der Waals surface area contributed by atoms with Crippen molar-refractivity contribution in [1.82, 2.24) is 9.97 Å². The maximum absolute atomic E-state index is 13.9. The van der Waals surface area contributed by atoms with E-state index < -0.39 is 5.82 Å². The number of benzene rings is 1. The van der Waals surface area contributed by atoms with Crippen molar-refractivity contribution in [2.75, 3.05) is 37.3 Å². The molecule has 0 atom stereocenters. The zero-order chi connectivity index (χ0) is 17.9. The molecule has 8 nitrogen and oxygen atoms in total. The summed E-state index contributed by atoms with van der Waals surface area (Å²) in [7, 11) is 1.56. The number of rotatable bonds is 5. The highest BCUT2D eigenvalue weighted by atomic mass is 19.1. The highest BCUT2D eigenvalue weighted by molar-refractivity contribution is 5.83. The highest BCUT2D eigenvalue weighted by Gasteiger charge is 2.20. The van der Waals surface area contributed by atoms with Gasteiger partial charge in [-0.15, -0.1) is 0 Å². The second kappa shape index (κ2) is 7.03. The normalized spacial score (nSPS) is 15.7. The van der Waals surface area contributed by atoms with Crippen LogP contribution >= 0.6 is 0 Å². The fourth-order valence-corrected chi connectivity index (χ4v) is 2.95. The van der Waals surface area contributed by atoms with Crippen molar-refractivity contribution in [1.29, 1.82) is 0 Å². The molecule has 3 heterocycles. The van der Waals surface area contributed by atoms with Gasteiger partial charge in [-0.1, -0.05) is 0 Å². The van der Waals surface area contributed by atoms with Crippen LogP contribution in [0.1, 0.15) is 18.4 Å². The largest absolute Gasteiger partial charge is 0.493 e. The third-order valence-corrected chi connectivity index (χ3v) is 4.19. The third kappa shape index (κ3) is 3.19. The van der Waals surface area contributed by atoms with Gasteiger partial charge in [0.05, 0.1) is 19.5 Å². The average Bonchev–Trinajstić information content (AvgIpc) is 3.34. The number of hydrogen-bond donors (Lipinski definition) is 1. The number of hydrogen-bond acceptors (Lipinski definition) is 8. The van der Waals surface area contributed by atoms with Crippen molar-refractivity contribution >= 4 is 18.0 Å². The molecule has 1 fully saturated rings. The molecule has 136 valence electrons. The first-order chi connectivity index (χ1) is 12.7. The van der Waals surface area contributed by atoms with Gasteiger partial charge in [0.1, 0.15) is 0 Å². The summed E-state index contributed by atoms with van der Waals surface area (Å²) in [6, 6.07) is 3.57. The van der Waals surface area contributed by atoms with Crippen LogP contribution < -0.4 is 24.5 Å². The number of anilines is 2. The quantitative estimate of drug-likeness (QED) is 0.648. The predicted molar refractivity (Wildman–Crippen MR) is 93.8 cm³/mol. The van der Waals surface area contributed by atoms with E-state index in [1.54, 1.807) is 25.5 Å². The number of hydrazone groups is 1. The molecule has 4 rings (SSSR count). The summed E-state index contributed by atoms with van der Waals surface area (Å²) in [5.41, 5.74) is 3.48. The van der Waals surface area contributed by atoms with Gasteiger partial charge in [0.2, 0.25) is 18.5 Å². The Kier molecular flexibility index (Phi) is 4.42. The number of nitrogens with zero attached hydrogens (tertiary/aromatic N) is 4. The van der Waals surface area contributed by atoms with Gasteiger partial charge in [-0.05, 0) is 25.0 Å². The van der Waals surface area contributed by atoms with Crippen LogP contribution in [0, 0.1) is 5.82 Å². The molecule has 1 aromatic heterocycles. The van der Waals surface area contributed by atoms with E-state index in [2.05, 4.69) is 20.5 Å². The molecule has 1 N–H and O–H groups in total. The number of halogens is 1. The van der Waals surface area contributed by atoms with Crippen molar-refractivity contribution in [3.63, 3.8) is 0 Å². The summed E-state index contributed by atoms with van der Waals surface area (Å²) >= 11 is 0. The van der Waals surface area contributed by atoms with Gasteiger partial charge in [-0.25, -0.2) is 14.8 Å². The molecule has 0 saturated carbocycles. The zero-order valence-corrected chi connectivity index (χ0v) is 14.2. The first-order valence-corrected chi connectivity index (χ1v) is 8.29. The number of ether oxygens (including phenoxy) is 3. The maximum Gasteiger partial charge on any atom is 0.245 e. The molecule has 1 aromatic carbocycles. The Labute approximate surface area is 149 Å². The van der Waals surface area contributed by atoms with Crippen LogP contribution in [0.3, 0.4) is 0 Å².